The fourth-order valence-electron chi connectivity index (χ4n) is 2.14. The van der Waals surface area contributed by atoms with Crippen LogP contribution < -0.4 is 5.73 Å². The standard InChI is InChI=1S/C9H17NO2/c10-7-8-1-3-9(4-2-8)11-5-6-12-9/h8H,1-7,10H2. The summed E-state index contributed by atoms with van der Waals surface area (Å²) < 4.78 is 11.2. The molecule has 0 aromatic carbocycles. The molecule has 2 aliphatic rings. The van der Waals surface area contributed by atoms with E-state index in [1.165, 1.54) is 0 Å². The molecular weight excluding hydrogens is 154 g/mol. The lowest BCUT2D eigenvalue weighted by molar-refractivity contribution is -0.181. The van der Waals surface area contributed by atoms with Gasteiger partial charge in [-0.15, -0.1) is 0 Å². The first-order valence-electron chi connectivity index (χ1n) is 4.83. The highest BCUT2D eigenvalue weighted by atomic mass is 16.7. The first kappa shape index (κ1) is 8.48. The summed E-state index contributed by atoms with van der Waals surface area (Å²) in [5.41, 5.74) is 5.61. The van der Waals surface area contributed by atoms with Gasteiger partial charge >= 0.3 is 0 Å². The van der Waals surface area contributed by atoms with Crippen molar-refractivity contribution in [3.63, 3.8) is 0 Å². The van der Waals surface area contributed by atoms with Crippen LogP contribution in [0.2, 0.25) is 0 Å². The third kappa shape index (κ3) is 1.49. The largest absolute Gasteiger partial charge is 0.348 e. The Morgan fingerprint density at radius 1 is 1.17 bits per heavy atom. The summed E-state index contributed by atoms with van der Waals surface area (Å²) in [6.45, 7) is 2.36. The molecule has 1 saturated carbocycles. The molecule has 0 radical (unpaired) electrons. The highest BCUT2D eigenvalue weighted by Crippen LogP contribution is 2.37. The van der Waals surface area contributed by atoms with Gasteiger partial charge in [-0.2, -0.15) is 0 Å². The Balaban J connectivity index is 1.88. The van der Waals surface area contributed by atoms with Crippen molar-refractivity contribution in [2.75, 3.05) is 19.8 Å². The SMILES string of the molecule is NCC1CCC2(CC1)OCCO2. The van der Waals surface area contributed by atoms with Crippen LogP contribution in [0.1, 0.15) is 25.7 Å². The summed E-state index contributed by atoms with van der Waals surface area (Å²) >= 11 is 0. The van der Waals surface area contributed by atoms with Crippen molar-refractivity contribution in [2.24, 2.45) is 11.7 Å². The third-order valence-electron chi connectivity index (χ3n) is 3.01. The maximum atomic E-state index is 5.61. The van der Waals surface area contributed by atoms with E-state index in [2.05, 4.69) is 0 Å². The Hall–Kier alpha value is -0.120. The van der Waals surface area contributed by atoms with E-state index >= 15 is 0 Å². The summed E-state index contributed by atoms with van der Waals surface area (Å²) in [6, 6.07) is 0. The number of rotatable bonds is 1. The Morgan fingerprint density at radius 2 is 1.75 bits per heavy atom. The summed E-state index contributed by atoms with van der Waals surface area (Å²) in [4.78, 5) is 0. The minimum atomic E-state index is -0.203. The molecule has 1 heterocycles. The average Bonchev–Trinajstić information content (AvgIpc) is 2.55. The second-order valence-corrected chi connectivity index (χ2v) is 3.79. The van der Waals surface area contributed by atoms with E-state index in [0.29, 0.717) is 5.92 Å². The van der Waals surface area contributed by atoms with Gasteiger partial charge in [-0.05, 0) is 25.3 Å². The van der Waals surface area contributed by atoms with Crippen LogP contribution in [0.4, 0.5) is 0 Å². The van der Waals surface area contributed by atoms with Crippen LogP contribution in [0.15, 0.2) is 0 Å². The smallest absolute Gasteiger partial charge is 0.168 e. The van der Waals surface area contributed by atoms with Gasteiger partial charge < -0.3 is 15.2 Å². The van der Waals surface area contributed by atoms with Gasteiger partial charge in [0.2, 0.25) is 0 Å². The summed E-state index contributed by atoms with van der Waals surface area (Å²) in [5.74, 6) is 0.495. The van der Waals surface area contributed by atoms with E-state index in [4.69, 9.17) is 15.2 Å². The maximum Gasteiger partial charge on any atom is 0.168 e. The minimum Gasteiger partial charge on any atom is -0.348 e. The van der Waals surface area contributed by atoms with Gasteiger partial charge in [0.25, 0.3) is 0 Å². The molecule has 0 unspecified atom stereocenters. The van der Waals surface area contributed by atoms with Crippen molar-refractivity contribution >= 4 is 0 Å². The van der Waals surface area contributed by atoms with Gasteiger partial charge in [0.15, 0.2) is 5.79 Å². The van der Waals surface area contributed by atoms with Crippen molar-refractivity contribution in [1.29, 1.82) is 0 Å². The summed E-state index contributed by atoms with van der Waals surface area (Å²) in [6.07, 6.45) is 4.40. The zero-order valence-corrected chi connectivity index (χ0v) is 7.42. The molecular formula is C9H17NO2. The Labute approximate surface area is 73.2 Å². The molecule has 0 amide bonds. The van der Waals surface area contributed by atoms with Gasteiger partial charge in [0.1, 0.15) is 0 Å². The van der Waals surface area contributed by atoms with Gasteiger partial charge in [0, 0.05) is 12.8 Å². The quantitative estimate of drug-likeness (QED) is 0.637. The predicted molar refractivity (Wildman–Crippen MR) is 45.6 cm³/mol. The van der Waals surface area contributed by atoms with Crippen LogP contribution in [-0.2, 0) is 9.47 Å². The van der Waals surface area contributed by atoms with Crippen LogP contribution in [0.3, 0.4) is 0 Å². The van der Waals surface area contributed by atoms with Gasteiger partial charge in [0.05, 0.1) is 13.2 Å². The van der Waals surface area contributed by atoms with E-state index in [1.54, 1.807) is 0 Å². The Bertz CT molecular complexity index is 145. The van der Waals surface area contributed by atoms with Crippen molar-refractivity contribution in [3.05, 3.63) is 0 Å². The molecule has 1 saturated heterocycles. The van der Waals surface area contributed by atoms with E-state index in [9.17, 15) is 0 Å². The normalized spacial score (nSPS) is 29.8. The van der Waals surface area contributed by atoms with Crippen LogP contribution >= 0.6 is 0 Å². The highest BCUT2D eigenvalue weighted by molar-refractivity contribution is 4.82. The topological polar surface area (TPSA) is 44.5 Å². The molecule has 2 fully saturated rings. The summed E-state index contributed by atoms with van der Waals surface area (Å²) in [7, 11) is 0. The second kappa shape index (κ2) is 3.32. The lowest BCUT2D eigenvalue weighted by Gasteiger charge is -2.34. The maximum absolute atomic E-state index is 5.61. The third-order valence-corrected chi connectivity index (χ3v) is 3.01. The first-order valence-corrected chi connectivity index (χ1v) is 4.83. The van der Waals surface area contributed by atoms with Crippen molar-refractivity contribution in [1.82, 2.24) is 0 Å². The molecule has 0 aromatic heterocycles. The van der Waals surface area contributed by atoms with Gasteiger partial charge in [-0.3, -0.25) is 0 Å². The zero-order chi connectivity index (χ0) is 8.44. The Kier molecular flexibility index (Phi) is 2.35. The minimum absolute atomic E-state index is 0.203. The molecule has 0 aromatic rings. The fraction of sp³-hybridized carbons (Fsp3) is 1.00. The van der Waals surface area contributed by atoms with Gasteiger partial charge in [-0.25, -0.2) is 0 Å². The first-order chi connectivity index (χ1) is 5.85. The average molecular weight is 171 g/mol. The zero-order valence-electron chi connectivity index (χ0n) is 7.42. The van der Waals surface area contributed by atoms with Crippen LogP contribution in [0.5, 0.6) is 0 Å². The van der Waals surface area contributed by atoms with E-state index in [0.717, 1.165) is 45.4 Å². The molecule has 0 atom stereocenters. The molecule has 3 nitrogen and oxygen atoms in total. The van der Waals surface area contributed by atoms with Crippen molar-refractivity contribution in [3.8, 4) is 0 Å². The number of hydrogen-bond donors (Lipinski definition) is 1. The molecule has 12 heavy (non-hydrogen) atoms. The van der Waals surface area contributed by atoms with E-state index < -0.39 is 0 Å². The van der Waals surface area contributed by atoms with Crippen molar-refractivity contribution in [2.45, 2.75) is 31.5 Å². The lowest BCUT2D eigenvalue weighted by Crippen LogP contribution is -2.36. The van der Waals surface area contributed by atoms with Crippen LogP contribution in [0, 0.1) is 5.92 Å². The van der Waals surface area contributed by atoms with Crippen LogP contribution in [0.25, 0.3) is 0 Å². The number of ether oxygens (including phenoxy) is 2. The van der Waals surface area contributed by atoms with Crippen molar-refractivity contribution < 1.29 is 9.47 Å². The number of hydrogen-bond acceptors (Lipinski definition) is 3. The van der Waals surface area contributed by atoms with E-state index in [-0.39, 0.29) is 5.79 Å². The molecule has 1 aliphatic carbocycles. The Morgan fingerprint density at radius 3 is 2.25 bits per heavy atom. The fourth-order valence-corrected chi connectivity index (χ4v) is 2.14. The molecule has 3 heteroatoms. The predicted octanol–water partition coefficient (Wildman–Crippen LogP) is 0.878. The van der Waals surface area contributed by atoms with Gasteiger partial charge in [-0.1, -0.05) is 0 Å². The molecule has 1 aliphatic heterocycles. The molecule has 2 rings (SSSR count). The van der Waals surface area contributed by atoms with Crippen LogP contribution in [-0.4, -0.2) is 25.5 Å². The lowest BCUT2D eigenvalue weighted by atomic mass is 9.85. The molecule has 1 spiro atoms. The summed E-state index contributed by atoms with van der Waals surface area (Å²) in [5, 5.41) is 0. The highest BCUT2D eigenvalue weighted by Gasteiger charge is 2.39. The monoisotopic (exact) mass is 171 g/mol. The molecule has 70 valence electrons. The van der Waals surface area contributed by atoms with E-state index in [1.807, 2.05) is 0 Å². The molecule has 0 bridgehead atoms. The molecule has 2 N–H and O–H groups in total. The number of nitrogens with two attached hydrogens (primary N) is 1. The second-order valence-electron chi connectivity index (χ2n) is 3.79.